The molecule has 2 heterocycles. The summed E-state index contributed by atoms with van der Waals surface area (Å²) >= 11 is 6.52. The van der Waals surface area contributed by atoms with E-state index in [0.29, 0.717) is 77.5 Å². The third kappa shape index (κ3) is 4.71. The fourth-order valence-electron chi connectivity index (χ4n) is 4.39. The van der Waals surface area contributed by atoms with Crippen LogP contribution in [0, 0.1) is 17.8 Å². The predicted molar refractivity (Wildman–Crippen MR) is 126 cm³/mol. The first-order valence-electron chi connectivity index (χ1n) is 11.4. The van der Waals surface area contributed by atoms with E-state index in [-0.39, 0.29) is 12.0 Å². The number of nitrogens with zero attached hydrogens (tertiary/aromatic N) is 2. The highest BCUT2D eigenvalue weighted by atomic mass is 35.5. The Morgan fingerprint density at radius 2 is 2.00 bits per heavy atom. The molecular weight excluding hydrogens is 444 g/mol. The normalized spacial score (nSPS) is 24.5. The number of anilines is 1. The first-order valence-corrected chi connectivity index (χ1v) is 11.7. The lowest BCUT2D eigenvalue weighted by molar-refractivity contribution is -0.143. The van der Waals surface area contributed by atoms with Gasteiger partial charge in [-0.2, -0.15) is 4.98 Å². The molecule has 1 aromatic carbocycles. The summed E-state index contributed by atoms with van der Waals surface area (Å²) in [5.74, 6) is 0.989. The summed E-state index contributed by atoms with van der Waals surface area (Å²) in [7, 11) is 0. The van der Waals surface area contributed by atoms with Crippen LogP contribution in [0.25, 0.3) is 22.4 Å². The number of H-pyrrole nitrogens is 1. The van der Waals surface area contributed by atoms with Gasteiger partial charge in [0, 0.05) is 5.56 Å². The molecular formula is C24H27ClN4O4. The summed E-state index contributed by atoms with van der Waals surface area (Å²) < 4.78 is 11.8. The average molecular weight is 471 g/mol. The van der Waals surface area contributed by atoms with Crippen LogP contribution in [-0.4, -0.2) is 38.7 Å². The van der Waals surface area contributed by atoms with Crippen molar-refractivity contribution in [2.75, 3.05) is 12.3 Å². The first kappa shape index (κ1) is 21.8. The Hall–Kier alpha value is -3.00. The van der Waals surface area contributed by atoms with Gasteiger partial charge in [0.1, 0.15) is 11.9 Å². The number of carboxylic acid groups (broad SMARTS) is 1. The highest BCUT2D eigenvalue weighted by molar-refractivity contribution is 6.33. The number of fused-ring (bicyclic) bond motifs is 1. The van der Waals surface area contributed by atoms with E-state index in [4.69, 9.17) is 31.9 Å². The molecule has 2 saturated carbocycles. The van der Waals surface area contributed by atoms with Gasteiger partial charge in [0.25, 0.3) is 6.01 Å². The lowest BCUT2D eigenvalue weighted by atomic mass is 9.87. The SMILES string of the molecule is CC1CC1COc1ccc(-c2nc3nc(OC4CCC(C(=O)O)CC4)[nH]c3cc2Cl)cc1N. The molecule has 2 aliphatic carbocycles. The van der Waals surface area contributed by atoms with Gasteiger partial charge in [0.2, 0.25) is 0 Å². The molecule has 0 spiro atoms. The van der Waals surface area contributed by atoms with Gasteiger partial charge in [0.05, 0.1) is 34.4 Å². The number of carboxylic acids is 1. The zero-order valence-electron chi connectivity index (χ0n) is 18.4. The van der Waals surface area contributed by atoms with E-state index in [1.807, 2.05) is 18.2 Å². The number of hydrogen-bond acceptors (Lipinski definition) is 6. The number of nitrogen functional groups attached to an aromatic ring is 1. The lowest BCUT2D eigenvalue weighted by Crippen LogP contribution is -2.28. The van der Waals surface area contributed by atoms with Crippen LogP contribution in [0.4, 0.5) is 5.69 Å². The molecule has 2 aromatic heterocycles. The second-order valence-corrected chi connectivity index (χ2v) is 9.61. The van der Waals surface area contributed by atoms with Crippen LogP contribution in [0.2, 0.25) is 5.02 Å². The van der Waals surface area contributed by atoms with Crippen molar-refractivity contribution >= 4 is 34.4 Å². The number of rotatable bonds is 7. The Labute approximate surface area is 196 Å². The third-order valence-electron chi connectivity index (χ3n) is 6.72. The Kier molecular flexibility index (Phi) is 5.78. The Morgan fingerprint density at radius 3 is 2.67 bits per heavy atom. The molecule has 0 radical (unpaired) electrons. The number of carbonyl (C=O) groups is 1. The van der Waals surface area contributed by atoms with E-state index in [1.54, 1.807) is 6.07 Å². The van der Waals surface area contributed by atoms with Crippen molar-refractivity contribution in [2.45, 2.75) is 45.1 Å². The van der Waals surface area contributed by atoms with Crippen molar-refractivity contribution in [1.29, 1.82) is 0 Å². The number of benzene rings is 1. The van der Waals surface area contributed by atoms with Crippen LogP contribution < -0.4 is 15.2 Å². The van der Waals surface area contributed by atoms with E-state index >= 15 is 0 Å². The quantitative estimate of drug-likeness (QED) is 0.419. The maximum absolute atomic E-state index is 11.1. The van der Waals surface area contributed by atoms with Crippen molar-refractivity contribution in [3.05, 3.63) is 29.3 Å². The number of aromatic nitrogens is 3. The fraction of sp³-hybridized carbons (Fsp3) is 0.458. The molecule has 174 valence electrons. The first-order chi connectivity index (χ1) is 15.9. The summed E-state index contributed by atoms with van der Waals surface area (Å²) in [6.45, 7) is 2.91. The highest BCUT2D eigenvalue weighted by Gasteiger charge is 2.33. The molecule has 33 heavy (non-hydrogen) atoms. The number of nitrogens with one attached hydrogen (secondary N) is 1. The van der Waals surface area contributed by atoms with Crippen LogP contribution in [-0.2, 0) is 4.79 Å². The largest absolute Gasteiger partial charge is 0.491 e. The van der Waals surface area contributed by atoms with Crippen LogP contribution in [0.15, 0.2) is 24.3 Å². The van der Waals surface area contributed by atoms with Gasteiger partial charge in [-0.3, -0.25) is 4.79 Å². The average Bonchev–Trinajstić information content (AvgIpc) is 3.35. The van der Waals surface area contributed by atoms with Crippen LogP contribution >= 0.6 is 11.6 Å². The standard InChI is InChI=1S/C24H27ClN4O4/c1-12-8-15(12)11-32-20-7-4-14(9-18(20)26)21-17(25)10-19-22(28-21)29-24(27-19)33-16-5-2-13(3-6-16)23(30)31/h4,7,9-10,12-13,15-16H,2-3,5-6,8,11,26H2,1H3,(H,30,31)(H,27,28,29). The lowest BCUT2D eigenvalue weighted by Gasteiger charge is -2.25. The van der Waals surface area contributed by atoms with Gasteiger partial charge in [-0.15, -0.1) is 0 Å². The molecule has 2 atom stereocenters. The second kappa shape index (κ2) is 8.74. The minimum absolute atomic E-state index is 0.0675. The molecule has 5 rings (SSSR count). The van der Waals surface area contributed by atoms with Gasteiger partial charge in [0.15, 0.2) is 5.65 Å². The van der Waals surface area contributed by atoms with Crippen LogP contribution in [0.1, 0.15) is 39.0 Å². The van der Waals surface area contributed by atoms with E-state index in [9.17, 15) is 4.79 Å². The van der Waals surface area contributed by atoms with E-state index in [1.165, 1.54) is 6.42 Å². The summed E-state index contributed by atoms with van der Waals surface area (Å²) in [5, 5.41) is 9.63. The van der Waals surface area contributed by atoms with Crippen molar-refractivity contribution in [3.63, 3.8) is 0 Å². The van der Waals surface area contributed by atoms with Crippen molar-refractivity contribution in [1.82, 2.24) is 15.0 Å². The van der Waals surface area contributed by atoms with Crippen molar-refractivity contribution < 1.29 is 19.4 Å². The predicted octanol–water partition coefficient (Wildman–Crippen LogP) is 4.92. The van der Waals surface area contributed by atoms with Gasteiger partial charge in [-0.1, -0.05) is 18.5 Å². The minimum Gasteiger partial charge on any atom is -0.491 e. The molecule has 8 nitrogen and oxygen atoms in total. The Morgan fingerprint density at radius 1 is 1.24 bits per heavy atom. The molecule has 3 aromatic rings. The third-order valence-corrected chi connectivity index (χ3v) is 7.01. The summed E-state index contributed by atoms with van der Waals surface area (Å²) in [4.78, 5) is 23.4. The maximum atomic E-state index is 11.1. The van der Waals surface area contributed by atoms with Crippen LogP contribution in [0.3, 0.4) is 0 Å². The molecule has 2 aliphatic rings. The number of imidazole rings is 1. The Bertz CT molecular complexity index is 1190. The number of pyridine rings is 1. The summed E-state index contributed by atoms with van der Waals surface area (Å²) in [5.41, 5.74) is 9.29. The number of ether oxygens (including phenoxy) is 2. The number of aliphatic carboxylic acids is 1. The van der Waals surface area contributed by atoms with Crippen molar-refractivity contribution in [2.24, 2.45) is 17.8 Å². The number of nitrogens with two attached hydrogens (primary N) is 1. The van der Waals surface area contributed by atoms with E-state index in [0.717, 1.165) is 11.5 Å². The van der Waals surface area contributed by atoms with Crippen molar-refractivity contribution in [3.8, 4) is 23.0 Å². The number of aromatic amines is 1. The van der Waals surface area contributed by atoms with Gasteiger partial charge < -0.3 is 25.3 Å². The van der Waals surface area contributed by atoms with E-state index in [2.05, 4.69) is 21.9 Å². The van der Waals surface area contributed by atoms with Gasteiger partial charge in [-0.25, -0.2) is 4.98 Å². The van der Waals surface area contributed by atoms with Gasteiger partial charge in [-0.05, 0) is 68.2 Å². The topological polar surface area (TPSA) is 123 Å². The summed E-state index contributed by atoms with van der Waals surface area (Å²) in [6.07, 6.45) is 3.71. The molecule has 0 aliphatic heterocycles. The van der Waals surface area contributed by atoms with Crippen LogP contribution in [0.5, 0.6) is 11.8 Å². The summed E-state index contributed by atoms with van der Waals surface area (Å²) in [6, 6.07) is 7.70. The molecule has 4 N–H and O–H groups in total. The molecule has 0 amide bonds. The number of halogens is 1. The zero-order chi connectivity index (χ0) is 23.1. The minimum atomic E-state index is -0.735. The molecule has 0 bridgehead atoms. The molecule has 9 heteroatoms. The molecule has 2 fully saturated rings. The highest BCUT2D eigenvalue weighted by Crippen LogP contribution is 2.39. The molecule has 2 unspecified atom stereocenters. The Balaban J connectivity index is 1.31. The smallest absolute Gasteiger partial charge is 0.306 e. The maximum Gasteiger partial charge on any atom is 0.306 e. The second-order valence-electron chi connectivity index (χ2n) is 9.20. The molecule has 0 saturated heterocycles. The van der Waals surface area contributed by atoms with E-state index < -0.39 is 5.97 Å². The monoisotopic (exact) mass is 470 g/mol. The van der Waals surface area contributed by atoms with Gasteiger partial charge >= 0.3 is 5.97 Å². The number of hydrogen-bond donors (Lipinski definition) is 3. The fourth-order valence-corrected chi connectivity index (χ4v) is 4.66. The zero-order valence-corrected chi connectivity index (χ0v) is 19.1.